The monoisotopic (exact) mass is 579 g/mol. The quantitative estimate of drug-likeness (QED) is 0.452. The van der Waals surface area contributed by atoms with Crippen molar-refractivity contribution < 1.29 is 33.4 Å². The number of amides is 2. The number of hydrogen-bond acceptors (Lipinski definition) is 8. The number of halogens is 1. The van der Waals surface area contributed by atoms with E-state index in [1.807, 2.05) is 36.1 Å². The summed E-state index contributed by atoms with van der Waals surface area (Å²) in [5.41, 5.74) is 1.16. The Labute approximate surface area is 239 Å². The van der Waals surface area contributed by atoms with Crippen molar-refractivity contribution in [3.8, 4) is 5.75 Å². The van der Waals surface area contributed by atoms with Crippen molar-refractivity contribution in [2.24, 2.45) is 0 Å². The first kappa shape index (κ1) is 27.4. The van der Waals surface area contributed by atoms with Crippen LogP contribution < -0.4 is 30.2 Å². The zero-order valence-electron chi connectivity index (χ0n) is 23.1. The van der Waals surface area contributed by atoms with Gasteiger partial charge in [0.1, 0.15) is 24.0 Å². The number of nitrogens with one attached hydrogen (secondary N) is 1. The van der Waals surface area contributed by atoms with E-state index in [2.05, 4.69) is 10.2 Å². The summed E-state index contributed by atoms with van der Waals surface area (Å²) in [6.45, 7) is 6.20. The van der Waals surface area contributed by atoms with Gasteiger partial charge in [-0.25, -0.2) is 14.0 Å². The van der Waals surface area contributed by atoms with Crippen LogP contribution in [0.15, 0.2) is 41.3 Å². The lowest BCUT2D eigenvalue weighted by molar-refractivity contribution is -0.119. The summed E-state index contributed by atoms with van der Waals surface area (Å²) in [6, 6.07) is 8.41. The molecule has 42 heavy (non-hydrogen) atoms. The van der Waals surface area contributed by atoms with Gasteiger partial charge in [0.25, 0.3) is 0 Å². The molecule has 13 heteroatoms. The van der Waals surface area contributed by atoms with E-state index in [0.29, 0.717) is 43.9 Å². The number of aromatic carboxylic acids is 1. The standard InChI is InChI=1S/C29H30FN5O7/c1-16-15-41-27-24-21(26(37)22(28(38)39)14-34(16)24)11-23(30)25(27)33-9-7-32(8-10-33)18-3-5-19(6-4-18)35-13-20(42-29(35)40)12-31-17(2)36/h3-6,11,14,16,20H,7-10,12-13,15H2,1-2H3,(H,31,36)(H,38,39)/t16?,20-/m0/s1. The number of pyridine rings is 1. The van der Waals surface area contributed by atoms with Gasteiger partial charge in [-0.3, -0.25) is 14.5 Å². The average molecular weight is 580 g/mol. The number of carbonyl (C=O) groups is 3. The molecule has 0 saturated carbocycles. The van der Waals surface area contributed by atoms with Crippen LogP contribution >= 0.6 is 0 Å². The Morgan fingerprint density at radius 1 is 1.07 bits per heavy atom. The Balaban J connectivity index is 1.19. The molecule has 0 spiro atoms. The normalized spacial score (nSPS) is 20.0. The second-order valence-electron chi connectivity index (χ2n) is 10.7. The molecule has 3 aliphatic rings. The predicted molar refractivity (Wildman–Crippen MR) is 152 cm³/mol. The minimum atomic E-state index is -1.36. The van der Waals surface area contributed by atoms with Crippen LogP contribution in [0.2, 0.25) is 0 Å². The first-order chi connectivity index (χ1) is 20.1. The van der Waals surface area contributed by atoms with Crippen LogP contribution in [0, 0.1) is 5.82 Å². The van der Waals surface area contributed by atoms with Gasteiger partial charge in [0.05, 0.1) is 30.0 Å². The van der Waals surface area contributed by atoms with Crippen LogP contribution in [0.3, 0.4) is 0 Å². The fourth-order valence-corrected chi connectivity index (χ4v) is 5.79. The highest BCUT2D eigenvalue weighted by Crippen LogP contribution is 2.42. The van der Waals surface area contributed by atoms with E-state index in [0.717, 1.165) is 11.8 Å². The molecule has 2 amide bonds. The molecule has 2 N–H and O–H groups in total. The molecule has 2 saturated heterocycles. The number of ether oxygens (including phenoxy) is 2. The van der Waals surface area contributed by atoms with Gasteiger partial charge in [0, 0.05) is 50.7 Å². The number of hydrogen-bond donors (Lipinski definition) is 2. The predicted octanol–water partition coefficient (Wildman–Crippen LogP) is 2.58. The zero-order chi connectivity index (χ0) is 29.7. The highest BCUT2D eigenvalue weighted by molar-refractivity contribution is 5.97. The van der Waals surface area contributed by atoms with E-state index >= 15 is 4.39 Å². The van der Waals surface area contributed by atoms with E-state index < -0.39 is 35.0 Å². The molecule has 0 radical (unpaired) electrons. The average Bonchev–Trinajstić information content (AvgIpc) is 3.35. The van der Waals surface area contributed by atoms with Gasteiger partial charge in [-0.15, -0.1) is 0 Å². The van der Waals surface area contributed by atoms with Crippen molar-refractivity contribution in [1.82, 2.24) is 9.88 Å². The topological polar surface area (TPSA) is 134 Å². The summed E-state index contributed by atoms with van der Waals surface area (Å²) in [5, 5.41) is 12.2. The highest BCUT2D eigenvalue weighted by Gasteiger charge is 2.33. The number of cyclic esters (lactones) is 1. The molecule has 4 heterocycles. The van der Waals surface area contributed by atoms with E-state index in [9.17, 15) is 24.3 Å². The molecule has 1 aromatic heterocycles. The van der Waals surface area contributed by atoms with Crippen molar-refractivity contribution in [3.63, 3.8) is 0 Å². The van der Waals surface area contributed by atoms with Crippen LogP contribution in [-0.2, 0) is 9.53 Å². The lowest BCUT2D eigenvalue weighted by Gasteiger charge is -2.39. The summed E-state index contributed by atoms with van der Waals surface area (Å²) in [6.07, 6.45) is 0.433. The van der Waals surface area contributed by atoms with Crippen molar-refractivity contribution in [2.75, 3.05) is 60.6 Å². The first-order valence-electron chi connectivity index (χ1n) is 13.7. The third-order valence-corrected chi connectivity index (χ3v) is 7.95. The fraction of sp³-hybridized carbons (Fsp3) is 0.379. The Morgan fingerprint density at radius 2 is 1.74 bits per heavy atom. The van der Waals surface area contributed by atoms with Crippen LogP contribution in [-0.4, -0.2) is 79.6 Å². The molecule has 2 fully saturated rings. The van der Waals surface area contributed by atoms with Gasteiger partial charge in [-0.1, -0.05) is 0 Å². The first-order valence-corrected chi connectivity index (χ1v) is 13.7. The van der Waals surface area contributed by atoms with Crippen LogP contribution in [0.5, 0.6) is 5.75 Å². The molecule has 1 unspecified atom stereocenters. The Kier molecular flexibility index (Phi) is 6.87. The third kappa shape index (κ3) is 4.74. The summed E-state index contributed by atoms with van der Waals surface area (Å²) < 4.78 is 28.6. The van der Waals surface area contributed by atoms with Crippen molar-refractivity contribution in [1.29, 1.82) is 0 Å². The summed E-state index contributed by atoms with van der Waals surface area (Å²) >= 11 is 0. The number of carboxylic acids is 1. The molecule has 0 aliphatic carbocycles. The van der Waals surface area contributed by atoms with Gasteiger partial charge in [-0.2, -0.15) is 0 Å². The second kappa shape index (κ2) is 10.5. The minimum Gasteiger partial charge on any atom is -0.487 e. The van der Waals surface area contributed by atoms with Crippen LogP contribution in [0.25, 0.3) is 10.9 Å². The minimum absolute atomic E-state index is 0.0141. The second-order valence-corrected chi connectivity index (χ2v) is 10.7. The van der Waals surface area contributed by atoms with E-state index in [4.69, 9.17) is 9.47 Å². The maximum Gasteiger partial charge on any atom is 0.414 e. The van der Waals surface area contributed by atoms with Crippen molar-refractivity contribution >= 4 is 45.9 Å². The highest BCUT2D eigenvalue weighted by atomic mass is 19.1. The Morgan fingerprint density at radius 3 is 2.40 bits per heavy atom. The number of benzene rings is 2. The maximum absolute atomic E-state index is 15.6. The summed E-state index contributed by atoms with van der Waals surface area (Å²) in [7, 11) is 0. The van der Waals surface area contributed by atoms with Gasteiger partial charge in [0.2, 0.25) is 11.3 Å². The fourth-order valence-electron chi connectivity index (χ4n) is 5.79. The Hall–Kier alpha value is -4.81. The Bertz CT molecular complexity index is 1650. The summed E-state index contributed by atoms with van der Waals surface area (Å²) in [4.78, 5) is 53.6. The SMILES string of the molecule is CC(=O)NC[C@H]1CN(c2ccc(N3CCN(c4c(F)cc5c(=O)c(C(=O)O)cn6c5c4OCC6C)CC3)cc2)C(=O)O1. The lowest BCUT2D eigenvalue weighted by atomic mass is 10.1. The molecular formula is C29H30FN5O7. The molecule has 220 valence electrons. The largest absolute Gasteiger partial charge is 0.487 e. The number of aromatic nitrogens is 1. The van der Waals surface area contributed by atoms with Gasteiger partial charge in [-0.05, 0) is 37.3 Å². The number of rotatable bonds is 6. The number of carboxylic acid groups (broad SMARTS) is 1. The van der Waals surface area contributed by atoms with E-state index in [1.54, 1.807) is 4.57 Å². The molecule has 0 bridgehead atoms. The molecule has 2 aromatic carbocycles. The van der Waals surface area contributed by atoms with E-state index in [-0.39, 0.29) is 41.9 Å². The smallest absolute Gasteiger partial charge is 0.414 e. The zero-order valence-corrected chi connectivity index (χ0v) is 23.1. The molecule has 2 atom stereocenters. The number of carbonyl (C=O) groups excluding carboxylic acids is 2. The maximum atomic E-state index is 15.6. The van der Waals surface area contributed by atoms with Crippen LogP contribution in [0.4, 0.5) is 26.2 Å². The van der Waals surface area contributed by atoms with Crippen molar-refractivity contribution in [3.05, 3.63) is 58.1 Å². The molecule has 3 aliphatic heterocycles. The molecular weight excluding hydrogens is 549 g/mol. The van der Waals surface area contributed by atoms with Crippen molar-refractivity contribution in [2.45, 2.75) is 26.0 Å². The lowest BCUT2D eigenvalue weighted by Crippen LogP contribution is -2.47. The molecule has 12 nitrogen and oxygen atoms in total. The molecule has 6 rings (SSSR count). The van der Waals surface area contributed by atoms with Gasteiger partial charge < -0.3 is 34.3 Å². The summed E-state index contributed by atoms with van der Waals surface area (Å²) in [5.74, 6) is -1.92. The van der Waals surface area contributed by atoms with Crippen LogP contribution in [0.1, 0.15) is 30.2 Å². The third-order valence-electron chi connectivity index (χ3n) is 7.95. The van der Waals surface area contributed by atoms with E-state index in [1.165, 1.54) is 18.0 Å². The molecule has 3 aromatic rings. The number of piperazine rings is 1. The van der Waals surface area contributed by atoms with Gasteiger partial charge >= 0.3 is 12.1 Å². The number of anilines is 3. The van der Waals surface area contributed by atoms with Gasteiger partial charge in [0.15, 0.2) is 11.6 Å². The number of nitrogens with zero attached hydrogens (tertiary/aromatic N) is 4.